The summed E-state index contributed by atoms with van der Waals surface area (Å²) in [6.45, 7) is 0. The van der Waals surface area contributed by atoms with Crippen LogP contribution in [0.5, 0.6) is 0 Å². The summed E-state index contributed by atoms with van der Waals surface area (Å²) in [5, 5.41) is 0. The van der Waals surface area contributed by atoms with E-state index in [0.717, 1.165) is 12.8 Å². The van der Waals surface area contributed by atoms with Gasteiger partial charge in [0.05, 0.1) is 16.5 Å². The van der Waals surface area contributed by atoms with E-state index < -0.39 is 33.9 Å². The minimum Gasteiger partial charge on any atom is -0.299 e. The van der Waals surface area contributed by atoms with Gasteiger partial charge < -0.3 is 0 Å². The third kappa shape index (κ3) is 5.35. The van der Waals surface area contributed by atoms with Crippen LogP contribution in [-0.4, -0.2) is 26.5 Å². The number of carbonyl (C=O) groups excluding carboxylic acids is 1. The molecule has 6 nitrogen and oxygen atoms in total. The van der Waals surface area contributed by atoms with Crippen LogP contribution in [0.3, 0.4) is 0 Å². The van der Waals surface area contributed by atoms with Crippen LogP contribution in [0.15, 0.2) is 29.2 Å². The van der Waals surface area contributed by atoms with E-state index in [1.807, 2.05) is 0 Å². The van der Waals surface area contributed by atoms with Gasteiger partial charge in [-0.25, -0.2) is 13.1 Å². The van der Waals surface area contributed by atoms with Crippen molar-refractivity contribution in [3.63, 3.8) is 0 Å². The van der Waals surface area contributed by atoms with E-state index in [4.69, 9.17) is 0 Å². The van der Waals surface area contributed by atoms with Crippen LogP contribution in [0, 0.1) is 11.8 Å². The Morgan fingerprint density at radius 3 is 2.30 bits per heavy atom. The summed E-state index contributed by atoms with van der Waals surface area (Å²) in [5.41, 5.74) is 5.49. The van der Waals surface area contributed by atoms with Crippen LogP contribution < -0.4 is 15.6 Å². The van der Waals surface area contributed by atoms with Crippen LogP contribution in [0.2, 0.25) is 0 Å². The molecule has 0 bridgehead atoms. The first kappa shape index (κ1) is 19.9. The maximum atomic E-state index is 12.8. The molecular formula is C17H22F3N3O3S. The molecule has 0 aliphatic heterocycles. The fourth-order valence-electron chi connectivity index (χ4n) is 3.17. The summed E-state index contributed by atoms with van der Waals surface area (Å²) < 4.78 is 65.3. The Labute approximate surface area is 155 Å². The molecule has 27 heavy (non-hydrogen) atoms. The number of hydrogen-bond donors (Lipinski definition) is 3. The lowest BCUT2D eigenvalue weighted by molar-refractivity contribution is -0.186. The second-order valence-corrected chi connectivity index (χ2v) is 8.85. The standard InChI is InChI=1S/C17H22F3N3O3S/c18-17(19,20)12-3-1-2-11(10-12)16(24)22-21-13-6-8-15(9-7-13)27(25,26)23-14-4-5-14/h6-9,11-12,14,21,23H,1-5,10H2,(H,22,24). The highest BCUT2D eigenvalue weighted by Crippen LogP contribution is 2.39. The molecule has 0 aromatic heterocycles. The quantitative estimate of drug-likeness (QED) is 0.635. The van der Waals surface area contributed by atoms with Crippen molar-refractivity contribution in [2.75, 3.05) is 5.43 Å². The molecule has 1 amide bonds. The van der Waals surface area contributed by atoms with Crippen LogP contribution in [0.1, 0.15) is 38.5 Å². The SMILES string of the molecule is O=C(NNc1ccc(S(=O)(=O)NC2CC2)cc1)C1CCCC(C(F)(F)F)C1. The molecule has 2 unspecified atom stereocenters. The third-order valence-corrected chi connectivity index (χ3v) is 6.44. The second-order valence-electron chi connectivity index (χ2n) is 7.14. The van der Waals surface area contributed by atoms with E-state index in [1.165, 1.54) is 24.3 Å². The number of amides is 1. The predicted molar refractivity (Wildman–Crippen MR) is 93.1 cm³/mol. The molecule has 3 N–H and O–H groups in total. The van der Waals surface area contributed by atoms with Crippen molar-refractivity contribution in [2.24, 2.45) is 11.8 Å². The minimum atomic E-state index is -4.28. The largest absolute Gasteiger partial charge is 0.391 e. The monoisotopic (exact) mass is 405 g/mol. The van der Waals surface area contributed by atoms with Gasteiger partial charge in [-0.1, -0.05) is 6.42 Å². The summed E-state index contributed by atoms with van der Waals surface area (Å²) >= 11 is 0. The molecule has 2 atom stereocenters. The zero-order chi connectivity index (χ0) is 19.7. The zero-order valence-electron chi connectivity index (χ0n) is 14.6. The van der Waals surface area contributed by atoms with E-state index >= 15 is 0 Å². The topological polar surface area (TPSA) is 87.3 Å². The van der Waals surface area contributed by atoms with Crippen LogP contribution >= 0.6 is 0 Å². The highest BCUT2D eigenvalue weighted by Gasteiger charge is 2.43. The van der Waals surface area contributed by atoms with Gasteiger partial charge in [-0.05, 0) is 56.4 Å². The van der Waals surface area contributed by atoms with E-state index in [-0.39, 0.29) is 23.8 Å². The summed E-state index contributed by atoms with van der Waals surface area (Å²) in [4.78, 5) is 12.3. The van der Waals surface area contributed by atoms with Gasteiger partial charge in [0.25, 0.3) is 0 Å². The Hall–Kier alpha value is -1.81. The molecule has 3 rings (SSSR count). The number of sulfonamides is 1. The van der Waals surface area contributed by atoms with Crippen molar-refractivity contribution >= 4 is 21.6 Å². The summed E-state index contributed by atoms with van der Waals surface area (Å²) in [6.07, 6.45) is -1.97. The summed E-state index contributed by atoms with van der Waals surface area (Å²) in [5.74, 6) is -2.62. The van der Waals surface area contributed by atoms with Gasteiger partial charge in [0.15, 0.2) is 0 Å². The van der Waals surface area contributed by atoms with Crippen molar-refractivity contribution in [3.05, 3.63) is 24.3 Å². The van der Waals surface area contributed by atoms with E-state index in [2.05, 4.69) is 15.6 Å². The van der Waals surface area contributed by atoms with E-state index in [9.17, 15) is 26.4 Å². The minimum absolute atomic E-state index is 0.00288. The Morgan fingerprint density at radius 1 is 1.04 bits per heavy atom. The number of benzene rings is 1. The number of halogens is 3. The van der Waals surface area contributed by atoms with Crippen molar-refractivity contribution < 1.29 is 26.4 Å². The lowest BCUT2D eigenvalue weighted by atomic mass is 9.80. The zero-order valence-corrected chi connectivity index (χ0v) is 15.4. The van der Waals surface area contributed by atoms with E-state index in [0.29, 0.717) is 18.5 Å². The molecule has 1 aromatic rings. The number of anilines is 1. The Balaban J connectivity index is 1.53. The maximum Gasteiger partial charge on any atom is 0.391 e. The molecule has 2 aliphatic rings. The van der Waals surface area contributed by atoms with Gasteiger partial charge in [-0.15, -0.1) is 0 Å². The third-order valence-electron chi connectivity index (χ3n) is 4.90. The van der Waals surface area contributed by atoms with Gasteiger partial charge in [0, 0.05) is 12.0 Å². The molecule has 10 heteroatoms. The Bertz CT molecular complexity index is 777. The highest BCUT2D eigenvalue weighted by atomic mass is 32.2. The van der Waals surface area contributed by atoms with Crippen LogP contribution in [0.4, 0.5) is 18.9 Å². The maximum absolute atomic E-state index is 12.8. The number of hydrazine groups is 1. The Morgan fingerprint density at radius 2 is 1.70 bits per heavy atom. The van der Waals surface area contributed by atoms with Crippen molar-refractivity contribution in [3.8, 4) is 0 Å². The smallest absolute Gasteiger partial charge is 0.299 e. The van der Waals surface area contributed by atoms with Gasteiger partial charge >= 0.3 is 6.18 Å². The molecule has 0 radical (unpaired) electrons. The molecule has 2 aliphatic carbocycles. The summed E-state index contributed by atoms with van der Waals surface area (Å²) in [7, 11) is -3.55. The fourth-order valence-corrected chi connectivity index (χ4v) is 4.47. The average molecular weight is 405 g/mol. The van der Waals surface area contributed by atoms with Gasteiger partial charge in [-0.3, -0.25) is 15.6 Å². The first-order valence-corrected chi connectivity index (χ1v) is 10.4. The number of hydrogen-bond acceptors (Lipinski definition) is 4. The van der Waals surface area contributed by atoms with E-state index in [1.54, 1.807) is 0 Å². The van der Waals surface area contributed by atoms with Gasteiger partial charge in [0.1, 0.15) is 0 Å². The van der Waals surface area contributed by atoms with Crippen LogP contribution in [0.25, 0.3) is 0 Å². The lowest BCUT2D eigenvalue weighted by Crippen LogP contribution is -2.39. The number of carbonyl (C=O) groups is 1. The number of alkyl halides is 3. The van der Waals surface area contributed by atoms with Gasteiger partial charge in [-0.2, -0.15) is 13.2 Å². The molecule has 2 fully saturated rings. The first-order chi connectivity index (χ1) is 12.6. The molecule has 1 aromatic carbocycles. The molecule has 0 heterocycles. The average Bonchev–Trinajstić information content (AvgIpc) is 3.42. The first-order valence-electron chi connectivity index (χ1n) is 8.90. The highest BCUT2D eigenvalue weighted by molar-refractivity contribution is 7.89. The molecule has 0 spiro atoms. The predicted octanol–water partition coefficient (Wildman–Crippen LogP) is 2.94. The van der Waals surface area contributed by atoms with Crippen molar-refractivity contribution in [1.82, 2.24) is 10.1 Å². The second kappa shape index (κ2) is 7.67. The lowest BCUT2D eigenvalue weighted by Gasteiger charge is -2.29. The van der Waals surface area contributed by atoms with Crippen molar-refractivity contribution in [1.29, 1.82) is 0 Å². The molecular weight excluding hydrogens is 383 g/mol. The number of nitrogens with one attached hydrogen (secondary N) is 3. The molecule has 150 valence electrons. The normalized spacial score (nSPS) is 23.7. The van der Waals surface area contributed by atoms with Crippen molar-refractivity contribution in [2.45, 2.75) is 55.6 Å². The Kier molecular flexibility index (Phi) is 5.66. The van der Waals surface area contributed by atoms with Gasteiger partial charge in [0.2, 0.25) is 15.9 Å². The summed E-state index contributed by atoms with van der Waals surface area (Å²) in [6, 6.07) is 5.78. The number of rotatable bonds is 6. The molecule has 0 saturated heterocycles. The fraction of sp³-hybridized carbons (Fsp3) is 0.588. The molecule has 2 saturated carbocycles. The van der Waals surface area contributed by atoms with Crippen LogP contribution in [-0.2, 0) is 14.8 Å².